The summed E-state index contributed by atoms with van der Waals surface area (Å²) in [4.78, 5) is 16.5. The highest BCUT2D eigenvalue weighted by atomic mass is 79.9. The molecule has 1 atom stereocenters. The van der Waals surface area contributed by atoms with E-state index in [1.807, 2.05) is 45.8 Å². The molecule has 0 bridgehead atoms. The fourth-order valence-corrected chi connectivity index (χ4v) is 4.45. The smallest absolute Gasteiger partial charge is 0.237 e. The monoisotopic (exact) mass is 464 g/mol. The zero-order valence-electron chi connectivity index (χ0n) is 16.9. The van der Waals surface area contributed by atoms with E-state index < -0.39 is 0 Å². The van der Waals surface area contributed by atoms with Crippen LogP contribution in [-0.2, 0) is 0 Å². The van der Waals surface area contributed by atoms with Crippen molar-refractivity contribution in [3.63, 3.8) is 0 Å². The van der Waals surface area contributed by atoms with Crippen LogP contribution in [-0.4, -0.2) is 40.3 Å². The van der Waals surface area contributed by atoms with Crippen LogP contribution in [0, 0.1) is 0 Å². The van der Waals surface area contributed by atoms with E-state index in [0.29, 0.717) is 5.95 Å². The summed E-state index contributed by atoms with van der Waals surface area (Å²) in [5.74, 6) is 3.17. The Labute approximate surface area is 182 Å². The van der Waals surface area contributed by atoms with Crippen LogP contribution in [0.5, 0.6) is 0 Å². The summed E-state index contributed by atoms with van der Waals surface area (Å²) in [6.45, 7) is 6.50. The van der Waals surface area contributed by atoms with Crippen molar-refractivity contribution in [2.45, 2.75) is 39.3 Å². The molecule has 0 saturated heterocycles. The van der Waals surface area contributed by atoms with Gasteiger partial charge in [0, 0.05) is 28.5 Å². The molecule has 1 aliphatic rings. The minimum absolute atomic E-state index is 0.107. The fourth-order valence-electron chi connectivity index (χ4n) is 4.05. The van der Waals surface area contributed by atoms with Gasteiger partial charge in [0.15, 0.2) is 11.6 Å². The van der Waals surface area contributed by atoms with Gasteiger partial charge in [-0.2, -0.15) is 4.98 Å². The van der Waals surface area contributed by atoms with Crippen molar-refractivity contribution in [2.24, 2.45) is 0 Å². The number of aromatic nitrogens is 7. The Morgan fingerprint density at radius 3 is 2.80 bits per heavy atom. The molecule has 0 aliphatic carbocycles. The lowest BCUT2D eigenvalue weighted by molar-refractivity contribution is 0.497. The van der Waals surface area contributed by atoms with Crippen molar-refractivity contribution < 1.29 is 0 Å². The fraction of sp³-hybridized carbons (Fsp3) is 0.286. The summed E-state index contributed by atoms with van der Waals surface area (Å²) in [5.41, 5.74) is 1.88. The van der Waals surface area contributed by atoms with E-state index in [2.05, 4.69) is 61.8 Å². The average Bonchev–Trinajstić information content (AvgIpc) is 3.42. The SMILES string of the molecule is CC[C@@H]1c2nncn2-c2cnc(-n3ccnc3-c3cccc(Br)c3)nc2N1C(C)C. The molecule has 0 saturated carbocycles. The molecule has 8 nitrogen and oxygen atoms in total. The molecule has 0 amide bonds. The van der Waals surface area contributed by atoms with Crippen molar-refractivity contribution in [3.8, 4) is 23.0 Å². The summed E-state index contributed by atoms with van der Waals surface area (Å²) in [7, 11) is 0. The zero-order chi connectivity index (χ0) is 20.8. The van der Waals surface area contributed by atoms with E-state index >= 15 is 0 Å². The molecule has 0 spiro atoms. The first-order valence-electron chi connectivity index (χ1n) is 9.93. The minimum atomic E-state index is 0.107. The third-order valence-corrected chi connectivity index (χ3v) is 5.82. The molecule has 3 aromatic heterocycles. The maximum atomic E-state index is 4.99. The first kappa shape index (κ1) is 18.9. The first-order valence-corrected chi connectivity index (χ1v) is 10.7. The second-order valence-corrected chi connectivity index (χ2v) is 8.41. The van der Waals surface area contributed by atoms with Crippen LogP contribution in [0.25, 0.3) is 23.0 Å². The van der Waals surface area contributed by atoms with Crippen molar-refractivity contribution in [1.82, 2.24) is 34.3 Å². The molecular formula is C21H21BrN8. The van der Waals surface area contributed by atoms with Crippen molar-refractivity contribution >= 4 is 21.7 Å². The molecule has 5 rings (SSSR count). The summed E-state index contributed by atoms with van der Waals surface area (Å²) in [5, 5.41) is 8.51. The summed E-state index contributed by atoms with van der Waals surface area (Å²) < 4.78 is 4.91. The van der Waals surface area contributed by atoms with E-state index in [1.165, 1.54) is 0 Å². The average molecular weight is 465 g/mol. The summed E-state index contributed by atoms with van der Waals surface area (Å²) in [6, 6.07) is 8.40. The van der Waals surface area contributed by atoms with Gasteiger partial charge in [-0.25, -0.2) is 9.97 Å². The van der Waals surface area contributed by atoms with Crippen molar-refractivity contribution in [3.05, 3.63) is 59.5 Å². The van der Waals surface area contributed by atoms with Crippen LogP contribution >= 0.6 is 15.9 Å². The molecule has 0 N–H and O–H groups in total. The quantitative estimate of drug-likeness (QED) is 0.446. The number of fused-ring (bicyclic) bond motifs is 3. The second-order valence-electron chi connectivity index (χ2n) is 7.49. The van der Waals surface area contributed by atoms with Crippen LogP contribution in [0.3, 0.4) is 0 Å². The predicted molar refractivity (Wildman–Crippen MR) is 118 cm³/mol. The lowest BCUT2D eigenvalue weighted by atomic mass is 10.1. The molecule has 0 radical (unpaired) electrons. The van der Waals surface area contributed by atoms with Gasteiger partial charge in [-0.3, -0.25) is 9.13 Å². The van der Waals surface area contributed by atoms with E-state index in [1.54, 1.807) is 12.5 Å². The Morgan fingerprint density at radius 1 is 1.17 bits per heavy atom. The number of rotatable bonds is 4. The maximum Gasteiger partial charge on any atom is 0.237 e. The number of imidazole rings is 1. The second kappa shape index (κ2) is 7.32. The van der Waals surface area contributed by atoms with Gasteiger partial charge in [-0.05, 0) is 32.4 Å². The Kier molecular flexibility index (Phi) is 4.62. The maximum absolute atomic E-state index is 4.99. The normalized spacial score (nSPS) is 15.4. The van der Waals surface area contributed by atoms with E-state index in [-0.39, 0.29) is 12.1 Å². The van der Waals surface area contributed by atoms with Gasteiger partial charge in [-0.1, -0.05) is 35.0 Å². The molecule has 152 valence electrons. The highest BCUT2D eigenvalue weighted by Gasteiger charge is 2.35. The number of anilines is 1. The lowest BCUT2D eigenvalue weighted by Crippen LogP contribution is -2.40. The Hall–Kier alpha value is -3.07. The van der Waals surface area contributed by atoms with Crippen molar-refractivity contribution in [1.29, 1.82) is 0 Å². The van der Waals surface area contributed by atoms with Gasteiger partial charge in [0.25, 0.3) is 0 Å². The third-order valence-electron chi connectivity index (χ3n) is 5.33. The molecular weight excluding hydrogens is 444 g/mol. The van der Waals surface area contributed by atoms with Crippen LogP contribution in [0.15, 0.2) is 53.7 Å². The first-order chi connectivity index (χ1) is 14.6. The molecule has 4 heterocycles. The summed E-state index contributed by atoms with van der Waals surface area (Å²) >= 11 is 3.54. The zero-order valence-corrected chi connectivity index (χ0v) is 18.5. The molecule has 30 heavy (non-hydrogen) atoms. The largest absolute Gasteiger partial charge is 0.342 e. The molecule has 4 aromatic rings. The van der Waals surface area contributed by atoms with E-state index in [9.17, 15) is 0 Å². The standard InChI is InChI=1S/C21H21BrN8/c1-4-16-20-27-25-12-29(20)17-11-24-21(26-19(17)30(16)13(2)3)28-9-8-23-18(28)14-6-5-7-15(22)10-14/h5-13,16H,4H2,1-3H3/t16-/m1/s1. The molecule has 0 fully saturated rings. The number of nitrogens with zero attached hydrogens (tertiary/aromatic N) is 8. The third kappa shape index (κ3) is 2.92. The lowest BCUT2D eigenvalue weighted by Gasteiger charge is -2.39. The van der Waals surface area contributed by atoms with Gasteiger partial charge in [0.1, 0.15) is 17.8 Å². The molecule has 0 unspecified atom stereocenters. The molecule has 1 aliphatic heterocycles. The van der Waals surface area contributed by atoms with Crippen LogP contribution in [0.4, 0.5) is 5.82 Å². The Bertz CT molecular complexity index is 1210. The topological polar surface area (TPSA) is 77.5 Å². The van der Waals surface area contributed by atoms with Crippen molar-refractivity contribution in [2.75, 3.05) is 4.90 Å². The van der Waals surface area contributed by atoms with Gasteiger partial charge >= 0.3 is 0 Å². The van der Waals surface area contributed by atoms with E-state index in [4.69, 9.17) is 4.98 Å². The predicted octanol–water partition coefficient (Wildman–Crippen LogP) is 4.35. The highest BCUT2D eigenvalue weighted by Crippen LogP contribution is 2.39. The van der Waals surface area contributed by atoms with Gasteiger partial charge in [0.2, 0.25) is 5.95 Å². The van der Waals surface area contributed by atoms with Gasteiger partial charge < -0.3 is 4.90 Å². The van der Waals surface area contributed by atoms with Crippen LogP contribution in [0.1, 0.15) is 39.1 Å². The Morgan fingerprint density at radius 2 is 2.03 bits per heavy atom. The van der Waals surface area contributed by atoms with Gasteiger partial charge in [0.05, 0.1) is 12.2 Å². The van der Waals surface area contributed by atoms with Crippen LogP contribution < -0.4 is 4.90 Å². The number of halogens is 1. The molecule has 1 aromatic carbocycles. The number of benzene rings is 1. The number of hydrogen-bond acceptors (Lipinski definition) is 6. The highest BCUT2D eigenvalue weighted by molar-refractivity contribution is 9.10. The summed E-state index contributed by atoms with van der Waals surface area (Å²) in [6.07, 6.45) is 8.15. The van der Waals surface area contributed by atoms with Crippen LogP contribution in [0.2, 0.25) is 0 Å². The van der Waals surface area contributed by atoms with Gasteiger partial charge in [-0.15, -0.1) is 10.2 Å². The Balaban J connectivity index is 1.67. The number of hydrogen-bond donors (Lipinski definition) is 0. The molecule has 9 heteroatoms. The minimum Gasteiger partial charge on any atom is -0.342 e. The van der Waals surface area contributed by atoms with E-state index in [0.717, 1.165) is 39.6 Å².